The number of carbonyl (C=O) groups is 1. The first kappa shape index (κ1) is 23.6. The maximum Gasteiger partial charge on any atom is 0.239 e. The van der Waals surface area contributed by atoms with Crippen molar-refractivity contribution < 1.29 is 4.79 Å². The third kappa shape index (κ3) is 5.33. The summed E-state index contributed by atoms with van der Waals surface area (Å²) >= 11 is 0. The number of nitriles is 1. The van der Waals surface area contributed by atoms with Crippen LogP contribution in [0.3, 0.4) is 0 Å². The molecule has 6 nitrogen and oxygen atoms in total. The van der Waals surface area contributed by atoms with Crippen molar-refractivity contribution in [1.82, 2.24) is 20.1 Å². The highest BCUT2D eigenvalue weighted by Crippen LogP contribution is 2.25. The van der Waals surface area contributed by atoms with Gasteiger partial charge in [0.1, 0.15) is 6.04 Å². The van der Waals surface area contributed by atoms with E-state index in [1.807, 2.05) is 67.3 Å². The van der Waals surface area contributed by atoms with E-state index in [1.165, 1.54) is 0 Å². The Labute approximate surface area is 201 Å². The molecule has 1 aliphatic rings. The topological polar surface area (TPSA) is 72.3 Å². The van der Waals surface area contributed by atoms with E-state index in [1.54, 1.807) is 6.20 Å². The molecule has 1 saturated heterocycles. The van der Waals surface area contributed by atoms with Gasteiger partial charge in [0.05, 0.1) is 18.2 Å². The minimum absolute atomic E-state index is 0.0702. The van der Waals surface area contributed by atoms with Gasteiger partial charge in [-0.15, -0.1) is 0 Å². The second-order valence-corrected chi connectivity index (χ2v) is 8.71. The van der Waals surface area contributed by atoms with Crippen LogP contribution in [0.5, 0.6) is 0 Å². The van der Waals surface area contributed by atoms with Crippen molar-refractivity contribution in [3.05, 3.63) is 101 Å². The Morgan fingerprint density at radius 1 is 0.941 bits per heavy atom. The molecule has 1 amide bonds. The average molecular weight is 454 g/mol. The third-order valence-corrected chi connectivity index (χ3v) is 6.51. The van der Waals surface area contributed by atoms with E-state index in [9.17, 15) is 10.1 Å². The number of nitrogens with one attached hydrogen (secondary N) is 1. The van der Waals surface area contributed by atoms with E-state index >= 15 is 0 Å². The fourth-order valence-corrected chi connectivity index (χ4v) is 4.61. The summed E-state index contributed by atoms with van der Waals surface area (Å²) in [6.45, 7) is 6.39. The first-order chi connectivity index (χ1) is 16.6. The summed E-state index contributed by atoms with van der Waals surface area (Å²) in [5.74, 6) is 0.0857. The van der Waals surface area contributed by atoms with Gasteiger partial charge in [-0.25, -0.2) is 0 Å². The lowest BCUT2D eigenvalue weighted by molar-refractivity contribution is -0.135. The maximum atomic E-state index is 13.3. The van der Waals surface area contributed by atoms with Gasteiger partial charge in [-0.2, -0.15) is 5.26 Å². The molecule has 6 heteroatoms. The number of benzene rings is 2. The van der Waals surface area contributed by atoms with E-state index in [0.717, 1.165) is 22.4 Å². The predicted octanol–water partition coefficient (Wildman–Crippen LogP) is 3.87. The van der Waals surface area contributed by atoms with Gasteiger partial charge in [0.2, 0.25) is 5.91 Å². The lowest BCUT2D eigenvalue weighted by atomic mass is 9.97. The first-order valence-corrected chi connectivity index (χ1v) is 11.8. The summed E-state index contributed by atoms with van der Waals surface area (Å²) in [6, 6.07) is 25.9. The van der Waals surface area contributed by atoms with Crippen molar-refractivity contribution >= 4 is 5.91 Å². The average Bonchev–Trinajstić information content (AvgIpc) is 2.89. The highest BCUT2D eigenvalue weighted by Gasteiger charge is 2.30. The van der Waals surface area contributed by atoms with Crippen molar-refractivity contribution in [3.8, 4) is 6.07 Å². The van der Waals surface area contributed by atoms with Crippen LogP contribution in [0, 0.1) is 18.3 Å². The van der Waals surface area contributed by atoms with E-state index in [4.69, 9.17) is 0 Å². The summed E-state index contributed by atoms with van der Waals surface area (Å²) in [5, 5.41) is 13.4. The molecular formula is C28H31N5O. The summed E-state index contributed by atoms with van der Waals surface area (Å²) in [7, 11) is 0. The van der Waals surface area contributed by atoms with Crippen molar-refractivity contribution in [3.63, 3.8) is 0 Å². The molecule has 174 valence electrons. The van der Waals surface area contributed by atoms with Gasteiger partial charge < -0.3 is 4.90 Å². The Morgan fingerprint density at radius 3 is 2.06 bits per heavy atom. The number of hydrogen-bond acceptors (Lipinski definition) is 5. The van der Waals surface area contributed by atoms with Gasteiger partial charge in [-0.05, 0) is 31.0 Å². The molecule has 1 N–H and O–H groups in total. The molecule has 2 aromatic carbocycles. The van der Waals surface area contributed by atoms with Gasteiger partial charge in [0.15, 0.2) is 0 Å². The number of rotatable bonds is 7. The van der Waals surface area contributed by atoms with Gasteiger partial charge in [-0.3, -0.25) is 20.0 Å². The maximum absolute atomic E-state index is 13.3. The molecule has 2 atom stereocenters. The number of amides is 1. The second kappa shape index (κ2) is 11.1. The van der Waals surface area contributed by atoms with E-state index in [2.05, 4.69) is 45.5 Å². The largest absolute Gasteiger partial charge is 0.339 e. The molecule has 0 saturated carbocycles. The van der Waals surface area contributed by atoms with Crippen molar-refractivity contribution in [2.45, 2.75) is 32.0 Å². The van der Waals surface area contributed by atoms with Crippen molar-refractivity contribution in [1.29, 1.82) is 5.26 Å². The molecule has 0 spiro atoms. The zero-order valence-corrected chi connectivity index (χ0v) is 19.8. The van der Waals surface area contributed by atoms with Gasteiger partial charge in [-0.1, -0.05) is 66.7 Å². The predicted molar refractivity (Wildman–Crippen MR) is 133 cm³/mol. The van der Waals surface area contributed by atoms with Gasteiger partial charge in [0.25, 0.3) is 0 Å². The Balaban J connectivity index is 1.41. The molecule has 1 unspecified atom stereocenters. The van der Waals surface area contributed by atoms with Gasteiger partial charge in [0, 0.05) is 43.6 Å². The number of aromatic nitrogens is 1. The van der Waals surface area contributed by atoms with Crippen LogP contribution in [-0.4, -0.2) is 52.9 Å². The van der Waals surface area contributed by atoms with Crippen LogP contribution in [0.1, 0.15) is 41.4 Å². The molecule has 0 aliphatic carbocycles. The Hall–Kier alpha value is -3.53. The number of hydrogen-bond donors (Lipinski definition) is 1. The number of aryl methyl sites for hydroxylation is 1. The zero-order chi connectivity index (χ0) is 23.9. The van der Waals surface area contributed by atoms with E-state index in [0.29, 0.717) is 26.2 Å². The number of piperazine rings is 1. The highest BCUT2D eigenvalue weighted by molar-refractivity contribution is 5.81. The van der Waals surface area contributed by atoms with Crippen molar-refractivity contribution in [2.75, 3.05) is 26.2 Å². The summed E-state index contributed by atoms with van der Waals surface area (Å²) in [5.41, 5.74) is 4.07. The lowest BCUT2D eigenvalue weighted by Gasteiger charge is -2.38. The van der Waals surface area contributed by atoms with Crippen LogP contribution < -0.4 is 5.32 Å². The summed E-state index contributed by atoms with van der Waals surface area (Å²) in [4.78, 5) is 21.7. The summed E-state index contributed by atoms with van der Waals surface area (Å²) < 4.78 is 0. The second-order valence-electron chi connectivity index (χ2n) is 8.71. The van der Waals surface area contributed by atoms with Crippen LogP contribution >= 0.6 is 0 Å². The standard InChI is InChI=1S/C28H31N5O/c1-21-25(14-9-15-30-21)26(20-29)32-16-18-33(19-17-32)28(34)22(2)31-27(23-10-5-3-6-11-23)24-12-7-4-8-13-24/h3-15,22,26-27,31H,16-19H2,1-2H3/t22-,26?/m1/s1. The molecule has 3 aromatic rings. The monoisotopic (exact) mass is 453 g/mol. The molecule has 0 radical (unpaired) electrons. The first-order valence-electron chi connectivity index (χ1n) is 11.8. The fraction of sp³-hybridized carbons (Fsp3) is 0.321. The van der Waals surface area contributed by atoms with E-state index in [-0.39, 0.29) is 24.0 Å². The van der Waals surface area contributed by atoms with Crippen LogP contribution in [0.25, 0.3) is 0 Å². The van der Waals surface area contributed by atoms with Crippen LogP contribution in [0.15, 0.2) is 79.0 Å². The normalized spacial score (nSPS) is 16.1. The molecule has 34 heavy (non-hydrogen) atoms. The van der Waals surface area contributed by atoms with Crippen LogP contribution in [-0.2, 0) is 4.79 Å². The molecule has 1 aliphatic heterocycles. The molecule has 4 rings (SSSR count). The Bertz CT molecular complexity index is 1080. The Kier molecular flexibility index (Phi) is 7.69. The van der Waals surface area contributed by atoms with Crippen LogP contribution in [0.2, 0.25) is 0 Å². The SMILES string of the molecule is Cc1ncccc1C(C#N)N1CCN(C(=O)[C@@H](C)NC(c2ccccc2)c2ccccc2)CC1. The zero-order valence-electron chi connectivity index (χ0n) is 19.8. The Morgan fingerprint density at radius 2 is 1.53 bits per heavy atom. The number of nitrogens with zero attached hydrogens (tertiary/aromatic N) is 4. The minimum atomic E-state index is -0.345. The molecule has 0 bridgehead atoms. The lowest BCUT2D eigenvalue weighted by Crippen LogP contribution is -2.54. The van der Waals surface area contributed by atoms with Crippen molar-refractivity contribution in [2.24, 2.45) is 0 Å². The molecular weight excluding hydrogens is 422 g/mol. The van der Waals surface area contributed by atoms with Gasteiger partial charge >= 0.3 is 0 Å². The fourth-order valence-electron chi connectivity index (χ4n) is 4.61. The number of carbonyl (C=O) groups excluding carboxylic acids is 1. The minimum Gasteiger partial charge on any atom is -0.339 e. The molecule has 1 aromatic heterocycles. The molecule has 2 heterocycles. The smallest absolute Gasteiger partial charge is 0.239 e. The number of pyridine rings is 1. The third-order valence-electron chi connectivity index (χ3n) is 6.51. The summed E-state index contributed by atoms with van der Waals surface area (Å²) in [6.07, 6.45) is 1.75. The van der Waals surface area contributed by atoms with E-state index < -0.39 is 0 Å². The van der Waals surface area contributed by atoms with Crippen LogP contribution in [0.4, 0.5) is 0 Å². The highest BCUT2D eigenvalue weighted by atomic mass is 16.2. The quantitative estimate of drug-likeness (QED) is 0.588. The molecule has 1 fully saturated rings.